The van der Waals surface area contributed by atoms with Crippen LogP contribution in [0.5, 0.6) is 0 Å². The number of rotatable bonds is 1. The lowest BCUT2D eigenvalue weighted by molar-refractivity contribution is -0.126. The smallest absolute Gasteiger partial charge is 0.242 e. The van der Waals surface area contributed by atoms with Crippen molar-refractivity contribution >= 4 is 23.3 Å². The summed E-state index contributed by atoms with van der Waals surface area (Å²) in [7, 11) is 1.77. The van der Waals surface area contributed by atoms with Crippen molar-refractivity contribution in [3.8, 4) is 5.69 Å². The Morgan fingerprint density at radius 3 is 2.38 bits per heavy atom. The van der Waals surface area contributed by atoms with Gasteiger partial charge in [0, 0.05) is 24.7 Å². The standard InChI is InChI=1S/C23H22N4O2/c1-13-5-7-18(15(3)9-13)27-21-17(12-24-27)23(11-20(28)25-21)16-10-14(2)6-8-19(16)26(4)22(23)29/h5-10,12H,11H2,1-4H3,(H,25,28)/t23-/m1/s1. The van der Waals surface area contributed by atoms with Crippen molar-refractivity contribution in [3.63, 3.8) is 0 Å². The van der Waals surface area contributed by atoms with Crippen LogP contribution in [-0.2, 0) is 15.0 Å². The fourth-order valence-corrected chi connectivity index (χ4v) is 4.75. The van der Waals surface area contributed by atoms with Crippen LogP contribution in [0.2, 0.25) is 0 Å². The number of fused-ring (bicyclic) bond motifs is 4. The number of anilines is 2. The van der Waals surface area contributed by atoms with Crippen LogP contribution >= 0.6 is 0 Å². The SMILES string of the molecule is Cc1ccc(-n2ncc3c2NC(=O)C[C@]32C(=O)N(C)c3ccc(C)cc32)c(C)c1. The van der Waals surface area contributed by atoms with Crippen LogP contribution in [0.15, 0.2) is 42.6 Å². The molecule has 0 saturated heterocycles. The van der Waals surface area contributed by atoms with Gasteiger partial charge in [0.1, 0.15) is 11.2 Å². The molecule has 0 radical (unpaired) electrons. The van der Waals surface area contributed by atoms with Crippen molar-refractivity contribution in [2.24, 2.45) is 0 Å². The molecule has 0 saturated carbocycles. The molecule has 6 nitrogen and oxygen atoms in total. The van der Waals surface area contributed by atoms with Gasteiger partial charge in [-0.15, -0.1) is 0 Å². The third kappa shape index (κ3) is 2.26. The van der Waals surface area contributed by atoms with Gasteiger partial charge in [0.05, 0.1) is 11.9 Å². The molecule has 3 aromatic rings. The van der Waals surface area contributed by atoms with Crippen LogP contribution < -0.4 is 10.2 Å². The first kappa shape index (κ1) is 17.7. The first-order valence-corrected chi connectivity index (χ1v) is 9.68. The molecule has 5 rings (SSSR count). The molecular formula is C23H22N4O2. The Hall–Kier alpha value is -3.41. The van der Waals surface area contributed by atoms with E-state index >= 15 is 0 Å². The molecule has 1 atom stereocenters. The first-order valence-electron chi connectivity index (χ1n) is 9.68. The Balaban J connectivity index is 1.79. The minimum Gasteiger partial charge on any atom is -0.314 e. The Morgan fingerprint density at radius 2 is 1.66 bits per heavy atom. The summed E-state index contributed by atoms with van der Waals surface area (Å²) in [6.45, 7) is 6.06. The summed E-state index contributed by atoms with van der Waals surface area (Å²) in [5, 5.41) is 7.57. The quantitative estimate of drug-likeness (QED) is 0.697. The van der Waals surface area contributed by atoms with Gasteiger partial charge in [-0.1, -0.05) is 35.4 Å². The van der Waals surface area contributed by atoms with E-state index in [1.165, 1.54) is 0 Å². The maximum absolute atomic E-state index is 13.5. The van der Waals surface area contributed by atoms with Gasteiger partial charge in [0.2, 0.25) is 11.8 Å². The zero-order valence-corrected chi connectivity index (χ0v) is 16.9. The minimum atomic E-state index is -1.04. The van der Waals surface area contributed by atoms with Gasteiger partial charge in [-0.3, -0.25) is 9.59 Å². The van der Waals surface area contributed by atoms with Gasteiger partial charge in [0.15, 0.2) is 0 Å². The normalized spacial score (nSPS) is 20.1. The highest BCUT2D eigenvalue weighted by molar-refractivity contribution is 6.15. The van der Waals surface area contributed by atoms with Crippen LogP contribution in [0, 0.1) is 20.8 Å². The van der Waals surface area contributed by atoms with E-state index in [1.807, 2.05) is 51.1 Å². The highest BCUT2D eigenvalue weighted by Gasteiger charge is 2.56. The molecular weight excluding hydrogens is 364 g/mol. The number of aryl methyl sites for hydroxylation is 3. The van der Waals surface area contributed by atoms with E-state index in [-0.39, 0.29) is 18.2 Å². The van der Waals surface area contributed by atoms with Crippen LogP contribution in [0.1, 0.15) is 34.2 Å². The molecule has 2 amide bonds. The van der Waals surface area contributed by atoms with E-state index in [2.05, 4.69) is 16.5 Å². The predicted molar refractivity (Wildman–Crippen MR) is 112 cm³/mol. The number of hydrogen-bond acceptors (Lipinski definition) is 3. The molecule has 1 aromatic heterocycles. The third-order valence-electron chi connectivity index (χ3n) is 6.14. The van der Waals surface area contributed by atoms with Gasteiger partial charge in [0.25, 0.3) is 0 Å². The number of carbonyl (C=O) groups excluding carboxylic acids is 2. The molecule has 146 valence electrons. The summed E-state index contributed by atoms with van der Waals surface area (Å²) >= 11 is 0. The Morgan fingerprint density at radius 1 is 0.966 bits per heavy atom. The molecule has 1 N–H and O–H groups in total. The molecule has 0 unspecified atom stereocenters. The topological polar surface area (TPSA) is 67.2 Å². The van der Waals surface area contributed by atoms with Crippen LogP contribution in [0.3, 0.4) is 0 Å². The van der Waals surface area contributed by atoms with Crippen molar-refractivity contribution < 1.29 is 9.59 Å². The van der Waals surface area contributed by atoms with Crippen LogP contribution in [-0.4, -0.2) is 28.6 Å². The number of benzene rings is 2. The van der Waals surface area contributed by atoms with Gasteiger partial charge in [-0.05, 0) is 44.0 Å². The van der Waals surface area contributed by atoms with E-state index in [4.69, 9.17) is 0 Å². The van der Waals surface area contributed by atoms with Gasteiger partial charge < -0.3 is 10.2 Å². The molecule has 3 heterocycles. The predicted octanol–water partition coefficient (Wildman–Crippen LogP) is 3.40. The van der Waals surface area contributed by atoms with E-state index in [1.54, 1.807) is 22.8 Å². The third-order valence-corrected chi connectivity index (χ3v) is 6.14. The second-order valence-corrected chi connectivity index (χ2v) is 8.12. The van der Waals surface area contributed by atoms with Gasteiger partial charge in [-0.25, -0.2) is 4.68 Å². The molecule has 2 aliphatic heterocycles. The average molecular weight is 386 g/mol. The summed E-state index contributed by atoms with van der Waals surface area (Å²) < 4.78 is 1.74. The number of nitrogens with zero attached hydrogens (tertiary/aromatic N) is 3. The zero-order chi connectivity index (χ0) is 20.5. The first-order chi connectivity index (χ1) is 13.8. The highest BCUT2D eigenvalue weighted by Crippen LogP contribution is 2.52. The maximum atomic E-state index is 13.5. The van der Waals surface area contributed by atoms with E-state index < -0.39 is 5.41 Å². The zero-order valence-electron chi connectivity index (χ0n) is 16.9. The summed E-state index contributed by atoms with van der Waals surface area (Å²) in [5.41, 5.74) is 5.59. The molecule has 2 aromatic carbocycles. The molecule has 0 aliphatic carbocycles. The number of amides is 2. The number of hydrogen-bond donors (Lipinski definition) is 1. The summed E-state index contributed by atoms with van der Waals surface area (Å²) in [5.74, 6) is 0.304. The maximum Gasteiger partial charge on any atom is 0.242 e. The Kier molecular flexibility index (Phi) is 3.53. The van der Waals surface area contributed by atoms with Crippen LogP contribution in [0.4, 0.5) is 11.5 Å². The number of likely N-dealkylation sites (N-methyl/N-ethyl adjacent to an activating group) is 1. The van der Waals surface area contributed by atoms with E-state index in [0.717, 1.165) is 39.2 Å². The van der Waals surface area contributed by atoms with Gasteiger partial charge in [-0.2, -0.15) is 5.10 Å². The van der Waals surface area contributed by atoms with Crippen molar-refractivity contribution in [2.75, 3.05) is 17.3 Å². The van der Waals surface area contributed by atoms with Gasteiger partial charge >= 0.3 is 0 Å². The fourth-order valence-electron chi connectivity index (χ4n) is 4.75. The van der Waals surface area contributed by atoms with Crippen molar-refractivity contribution in [2.45, 2.75) is 32.6 Å². The van der Waals surface area contributed by atoms with E-state index in [9.17, 15) is 9.59 Å². The van der Waals surface area contributed by atoms with E-state index in [0.29, 0.717) is 5.82 Å². The molecule has 2 aliphatic rings. The molecule has 0 bridgehead atoms. The lowest BCUT2D eigenvalue weighted by Gasteiger charge is -2.32. The summed E-state index contributed by atoms with van der Waals surface area (Å²) in [4.78, 5) is 28.0. The second-order valence-electron chi connectivity index (χ2n) is 8.12. The Bertz CT molecular complexity index is 1210. The second kappa shape index (κ2) is 5.80. The lowest BCUT2D eigenvalue weighted by Crippen LogP contribution is -2.45. The molecule has 29 heavy (non-hydrogen) atoms. The average Bonchev–Trinajstić information content (AvgIpc) is 3.17. The molecule has 6 heteroatoms. The van der Waals surface area contributed by atoms with Crippen LogP contribution in [0.25, 0.3) is 5.69 Å². The van der Waals surface area contributed by atoms with Crippen molar-refractivity contribution in [3.05, 3.63) is 70.4 Å². The highest BCUT2D eigenvalue weighted by atomic mass is 16.2. The Labute approximate surface area is 169 Å². The summed E-state index contributed by atoms with van der Waals surface area (Å²) in [6, 6.07) is 12.1. The molecule has 0 fully saturated rings. The van der Waals surface area contributed by atoms with Crippen molar-refractivity contribution in [1.82, 2.24) is 9.78 Å². The summed E-state index contributed by atoms with van der Waals surface area (Å²) in [6.07, 6.45) is 1.81. The lowest BCUT2D eigenvalue weighted by atomic mass is 9.71. The minimum absolute atomic E-state index is 0.0815. The largest absolute Gasteiger partial charge is 0.314 e. The molecule has 1 spiro atoms. The fraction of sp³-hybridized carbons (Fsp3) is 0.261. The number of carbonyl (C=O) groups is 2. The number of nitrogens with one attached hydrogen (secondary N) is 1. The monoisotopic (exact) mass is 386 g/mol. The van der Waals surface area contributed by atoms with Crippen molar-refractivity contribution in [1.29, 1.82) is 0 Å². The number of aromatic nitrogens is 2.